The van der Waals surface area contributed by atoms with E-state index < -0.39 is 0 Å². The topological polar surface area (TPSA) is 34.1 Å². The summed E-state index contributed by atoms with van der Waals surface area (Å²) < 4.78 is 4.98. The summed E-state index contributed by atoms with van der Waals surface area (Å²) in [6.45, 7) is 2.93. The number of ether oxygens (including phenoxy) is 1. The maximum atomic E-state index is 4.98. The van der Waals surface area contributed by atoms with E-state index in [0.717, 1.165) is 38.2 Å². The summed E-state index contributed by atoms with van der Waals surface area (Å²) in [7, 11) is 1.74. The van der Waals surface area contributed by atoms with Gasteiger partial charge in [-0.15, -0.1) is 0 Å². The lowest BCUT2D eigenvalue weighted by atomic mass is 10.2. The highest BCUT2D eigenvalue weighted by molar-refractivity contribution is 5.03. The quantitative estimate of drug-likeness (QED) is 0.659. The third-order valence-electron chi connectivity index (χ3n) is 2.24. The van der Waals surface area contributed by atoms with Crippen LogP contribution in [0.25, 0.3) is 0 Å². The summed E-state index contributed by atoms with van der Waals surface area (Å²) >= 11 is 0. The summed E-state index contributed by atoms with van der Waals surface area (Å²) in [6.07, 6.45) is 5.15. The first-order valence-corrected chi connectivity index (χ1v) is 5.53. The number of nitrogens with zero attached hydrogens (tertiary/aromatic N) is 1. The molecular weight excluding hydrogens is 188 g/mol. The summed E-state index contributed by atoms with van der Waals surface area (Å²) in [5, 5.41) is 3.40. The predicted octanol–water partition coefficient (Wildman–Crippen LogP) is 1.64. The van der Waals surface area contributed by atoms with Crippen LogP contribution < -0.4 is 5.32 Å². The molecule has 0 unspecified atom stereocenters. The number of hydrogen-bond acceptors (Lipinski definition) is 3. The van der Waals surface area contributed by atoms with E-state index in [1.54, 1.807) is 7.11 Å². The normalized spacial score (nSPS) is 10.5. The van der Waals surface area contributed by atoms with E-state index in [2.05, 4.69) is 16.4 Å². The molecule has 84 valence electrons. The molecular formula is C12H20N2O. The molecule has 1 heterocycles. The fraction of sp³-hybridized carbons (Fsp3) is 0.583. The van der Waals surface area contributed by atoms with E-state index in [1.807, 2.05) is 18.3 Å². The molecule has 3 nitrogen and oxygen atoms in total. The van der Waals surface area contributed by atoms with Crippen LogP contribution in [0.3, 0.4) is 0 Å². The van der Waals surface area contributed by atoms with Gasteiger partial charge in [-0.3, -0.25) is 4.98 Å². The Morgan fingerprint density at radius 1 is 1.27 bits per heavy atom. The highest BCUT2D eigenvalue weighted by Gasteiger charge is 1.92. The van der Waals surface area contributed by atoms with Gasteiger partial charge < -0.3 is 10.1 Å². The van der Waals surface area contributed by atoms with Crippen LogP contribution in [0.15, 0.2) is 24.4 Å². The van der Waals surface area contributed by atoms with E-state index in [0.29, 0.717) is 0 Å². The van der Waals surface area contributed by atoms with Crippen molar-refractivity contribution in [2.45, 2.75) is 19.3 Å². The SMILES string of the molecule is COCCCCNCCc1ccccn1. The highest BCUT2D eigenvalue weighted by atomic mass is 16.5. The Kier molecular flexibility index (Phi) is 6.79. The van der Waals surface area contributed by atoms with Crippen molar-refractivity contribution in [2.75, 3.05) is 26.8 Å². The summed E-state index contributed by atoms with van der Waals surface area (Å²) in [5.74, 6) is 0. The van der Waals surface area contributed by atoms with Gasteiger partial charge in [0.25, 0.3) is 0 Å². The van der Waals surface area contributed by atoms with E-state index >= 15 is 0 Å². The Balaban J connectivity index is 1.93. The van der Waals surface area contributed by atoms with Gasteiger partial charge in [0.05, 0.1) is 0 Å². The Morgan fingerprint density at radius 3 is 2.93 bits per heavy atom. The number of nitrogens with one attached hydrogen (secondary N) is 1. The molecule has 0 aliphatic rings. The van der Waals surface area contributed by atoms with Crippen molar-refractivity contribution in [3.8, 4) is 0 Å². The first kappa shape index (κ1) is 12.1. The third-order valence-corrected chi connectivity index (χ3v) is 2.24. The smallest absolute Gasteiger partial charge is 0.0462 e. The van der Waals surface area contributed by atoms with Gasteiger partial charge >= 0.3 is 0 Å². The zero-order chi connectivity index (χ0) is 10.8. The minimum Gasteiger partial charge on any atom is -0.385 e. The lowest BCUT2D eigenvalue weighted by Gasteiger charge is -2.03. The lowest BCUT2D eigenvalue weighted by Crippen LogP contribution is -2.19. The number of unbranched alkanes of at least 4 members (excludes halogenated alkanes) is 1. The number of aromatic nitrogens is 1. The van der Waals surface area contributed by atoms with Crippen molar-refractivity contribution in [3.05, 3.63) is 30.1 Å². The van der Waals surface area contributed by atoms with Crippen molar-refractivity contribution in [1.29, 1.82) is 0 Å². The molecule has 0 aliphatic heterocycles. The van der Waals surface area contributed by atoms with Gasteiger partial charge in [0, 0.05) is 38.6 Å². The zero-order valence-corrected chi connectivity index (χ0v) is 9.41. The van der Waals surface area contributed by atoms with Crippen LogP contribution in [0, 0.1) is 0 Å². The number of hydrogen-bond donors (Lipinski definition) is 1. The predicted molar refractivity (Wildman–Crippen MR) is 61.9 cm³/mol. The summed E-state index contributed by atoms with van der Waals surface area (Å²) in [5.41, 5.74) is 1.15. The number of rotatable bonds is 8. The average molecular weight is 208 g/mol. The fourth-order valence-electron chi connectivity index (χ4n) is 1.38. The second-order valence-corrected chi connectivity index (χ2v) is 3.52. The molecule has 1 rings (SSSR count). The molecule has 0 atom stereocenters. The second-order valence-electron chi connectivity index (χ2n) is 3.52. The van der Waals surface area contributed by atoms with E-state index in [1.165, 1.54) is 6.42 Å². The van der Waals surface area contributed by atoms with Gasteiger partial charge in [-0.25, -0.2) is 0 Å². The minimum absolute atomic E-state index is 0.863. The summed E-state index contributed by atoms with van der Waals surface area (Å²) in [4.78, 5) is 4.27. The molecule has 1 aromatic heterocycles. The molecule has 1 aromatic rings. The molecule has 0 aliphatic carbocycles. The molecule has 3 heteroatoms. The first-order chi connectivity index (χ1) is 7.43. The van der Waals surface area contributed by atoms with E-state index in [-0.39, 0.29) is 0 Å². The largest absolute Gasteiger partial charge is 0.385 e. The van der Waals surface area contributed by atoms with Crippen LogP contribution in [-0.4, -0.2) is 31.8 Å². The monoisotopic (exact) mass is 208 g/mol. The Morgan fingerprint density at radius 2 is 2.20 bits per heavy atom. The summed E-state index contributed by atoms with van der Waals surface area (Å²) in [6, 6.07) is 6.04. The van der Waals surface area contributed by atoms with Crippen LogP contribution in [0.2, 0.25) is 0 Å². The molecule has 0 amide bonds. The molecule has 0 radical (unpaired) electrons. The zero-order valence-electron chi connectivity index (χ0n) is 9.41. The van der Waals surface area contributed by atoms with Gasteiger partial charge in [0.1, 0.15) is 0 Å². The van der Waals surface area contributed by atoms with Gasteiger partial charge in [-0.05, 0) is 31.5 Å². The molecule has 0 saturated heterocycles. The van der Waals surface area contributed by atoms with Crippen molar-refractivity contribution >= 4 is 0 Å². The molecule has 0 fully saturated rings. The van der Waals surface area contributed by atoms with E-state index in [9.17, 15) is 0 Å². The van der Waals surface area contributed by atoms with Crippen molar-refractivity contribution < 1.29 is 4.74 Å². The molecule has 0 spiro atoms. The highest BCUT2D eigenvalue weighted by Crippen LogP contribution is 1.93. The minimum atomic E-state index is 0.863. The van der Waals surface area contributed by atoms with Gasteiger partial charge in [-0.2, -0.15) is 0 Å². The van der Waals surface area contributed by atoms with Gasteiger partial charge in [0.15, 0.2) is 0 Å². The molecule has 0 aromatic carbocycles. The standard InChI is InChI=1S/C12H20N2O/c1-15-11-5-4-8-13-10-7-12-6-2-3-9-14-12/h2-3,6,9,13H,4-5,7-8,10-11H2,1H3. The fourth-order valence-corrected chi connectivity index (χ4v) is 1.38. The maximum absolute atomic E-state index is 4.98. The molecule has 0 saturated carbocycles. The lowest BCUT2D eigenvalue weighted by molar-refractivity contribution is 0.192. The Bertz CT molecular complexity index is 239. The Hall–Kier alpha value is -0.930. The molecule has 1 N–H and O–H groups in total. The molecule has 15 heavy (non-hydrogen) atoms. The van der Waals surface area contributed by atoms with Crippen molar-refractivity contribution in [3.63, 3.8) is 0 Å². The van der Waals surface area contributed by atoms with Crippen molar-refractivity contribution in [2.24, 2.45) is 0 Å². The number of methoxy groups -OCH3 is 1. The van der Waals surface area contributed by atoms with Crippen molar-refractivity contribution in [1.82, 2.24) is 10.3 Å². The maximum Gasteiger partial charge on any atom is 0.0462 e. The third kappa shape index (κ3) is 6.20. The second kappa shape index (κ2) is 8.38. The first-order valence-electron chi connectivity index (χ1n) is 5.53. The van der Waals surface area contributed by atoms with Crippen LogP contribution in [0.5, 0.6) is 0 Å². The van der Waals surface area contributed by atoms with Crippen LogP contribution in [0.1, 0.15) is 18.5 Å². The van der Waals surface area contributed by atoms with Crippen LogP contribution >= 0.6 is 0 Å². The van der Waals surface area contributed by atoms with Crippen LogP contribution in [0.4, 0.5) is 0 Å². The van der Waals surface area contributed by atoms with Gasteiger partial charge in [-0.1, -0.05) is 6.07 Å². The Labute approximate surface area is 91.9 Å². The average Bonchev–Trinajstić information content (AvgIpc) is 2.29. The van der Waals surface area contributed by atoms with E-state index in [4.69, 9.17) is 4.74 Å². The van der Waals surface area contributed by atoms with Crippen LogP contribution in [-0.2, 0) is 11.2 Å². The van der Waals surface area contributed by atoms with Gasteiger partial charge in [0.2, 0.25) is 0 Å². The molecule has 0 bridgehead atoms. The number of pyridine rings is 1.